The van der Waals surface area contributed by atoms with Crippen molar-refractivity contribution in [2.45, 2.75) is 59.0 Å². The lowest BCUT2D eigenvalue weighted by Gasteiger charge is -2.43. The molecule has 0 radical (unpaired) electrons. The first-order valence-corrected chi connectivity index (χ1v) is 8.34. The molecule has 0 aromatic heterocycles. The Hall–Kier alpha value is -0.160. The third kappa shape index (κ3) is 7.09. The summed E-state index contributed by atoms with van der Waals surface area (Å²) in [7, 11) is 1.78. The van der Waals surface area contributed by atoms with E-state index in [1.165, 1.54) is 12.8 Å². The third-order valence-corrected chi connectivity index (χ3v) is 4.25. The first-order valence-electron chi connectivity index (χ1n) is 8.34. The Bertz CT molecular complexity index is 281. The first kappa shape index (κ1) is 18.9. The number of ether oxygens (including phenoxy) is 2. The number of nitrogens with zero attached hydrogens (tertiary/aromatic N) is 1. The number of hydrogen-bond acceptors (Lipinski definition) is 4. The van der Waals surface area contributed by atoms with Crippen LogP contribution >= 0.6 is 0 Å². The SMILES string of the molecule is COCCN(CC1(CNC(C)(C)C)CCCOC1)C(C)C. The molecule has 4 nitrogen and oxygen atoms in total. The smallest absolute Gasteiger partial charge is 0.0589 e. The van der Waals surface area contributed by atoms with E-state index >= 15 is 0 Å². The summed E-state index contributed by atoms with van der Waals surface area (Å²) in [5.74, 6) is 0. The maximum Gasteiger partial charge on any atom is 0.0589 e. The van der Waals surface area contributed by atoms with Gasteiger partial charge in [0, 0.05) is 50.3 Å². The van der Waals surface area contributed by atoms with Gasteiger partial charge in [-0.25, -0.2) is 0 Å². The van der Waals surface area contributed by atoms with Gasteiger partial charge in [0.25, 0.3) is 0 Å². The summed E-state index contributed by atoms with van der Waals surface area (Å²) in [6, 6.07) is 0.536. The Labute approximate surface area is 131 Å². The third-order valence-electron chi connectivity index (χ3n) is 4.25. The maximum atomic E-state index is 5.84. The van der Waals surface area contributed by atoms with Crippen molar-refractivity contribution < 1.29 is 9.47 Å². The van der Waals surface area contributed by atoms with Gasteiger partial charge in [0.15, 0.2) is 0 Å². The van der Waals surface area contributed by atoms with E-state index in [-0.39, 0.29) is 11.0 Å². The van der Waals surface area contributed by atoms with Crippen LogP contribution in [0.15, 0.2) is 0 Å². The molecule has 0 aliphatic carbocycles. The van der Waals surface area contributed by atoms with Gasteiger partial charge in [0.05, 0.1) is 13.2 Å². The minimum Gasteiger partial charge on any atom is -0.383 e. The van der Waals surface area contributed by atoms with E-state index < -0.39 is 0 Å². The number of rotatable bonds is 8. The zero-order valence-electron chi connectivity index (χ0n) is 15.0. The van der Waals surface area contributed by atoms with Gasteiger partial charge in [0.2, 0.25) is 0 Å². The van der Waals surface area contributed by atoms with Gasteiger partial charge in [-0.2, -0.15) is 0 Å². The standard InChI is InChI=1S/C17H36N2O2/c1-15(2)19(9-11-20-6)13-17(8-7-10-21-14-17)12-18-16(3,4)5/h15,18H,7-14H2,1-6H3. The largest absolute Gasteiger partial charge is 0.383 e. The molecule has 1 rings (SSSR count). The molecule has 1 heterocycles. The average Bonchev–Trinajstić information content (AvgIpc) is 2.41. The molecule has 126 valence electrons. The van der Waals surface area contributed by atoms with Crippen molar-refractivity contribution in [2.24, 2.45) is 5.41 Å². The van der Waals surface area contributed by atoms with Crippen LogP contribution in [0.3, 0.4) is 0 Å². The lowest BCUT2D eigenvalue weighted by atomic mass is 9.80. The van der Waals surface area contributed by atoms with Crippen LogP contribution in [0.5, 0.6) is 0 Å². The molecule has 1 saturated heterocycles. The second-order valence-corrected chi connectivity index (χ2v) is 7.82. The highest BCUT2D eigenvalue weighted by atomic mass is 16.5. The second-order valence-electron chi connectivity index (χ2n) is 7.82. The van der Waals surface area contributed by atoms with E-state index in [4.69, 9.17) is 9.47 Å². The lowest BCUT2D eigenvalue weighted by Crippen LogP contribution is -2.53. The molecule has 1 unspecified atom stereocenters. The van der Waals surface area contributed by atoms with E-state index in [0.29, 0.717) is 6.04 Å². The fraction of sp³-hybridized carbons (Fsp3) is 1.00. The summed E-state index contributed by atoms with van der Waals surface area (Å²) in [6.45, 7) is 16.9. The highest BCUT2D eigenvalue weighted by Crippen LogP contribution is 2.30. The highest BCUT2D eigenvalue weighted by Gasteiger charge is 2.36. The zero-order chi connectivity index (χ0) is 15.9. The molecule has 1 aliphatic rings. The van der Waals surface area contributed by atoms with Crippen molar-refractivity contribution in [3.8, 4) is 0 Å². The molecule has 1 N–H and O–H groups in total. The van der Waals surface area contributed by atoms with Crippen molar-refractivity contribution in [1.82, 2.24) is 10.2 Å². The van der Waals surface area contributed by atoms with Crippen LogP contribution in [0.25, 0.3) is 0 Å². The van der Waals surface area contributed by atoms with E-state index in [9.17, 15) is 0 Å². The van der Waals surface area contributed by atoms with Gasteiger partial charge in [-0.3, -0.25) is 4.90 Å². The molecule has 1 atom stereocenters. The Morgan fingerprint density at radius 1 is 1.33 bits per heavy atom. The summed E-state index contributed by atoms with van der Waals surface area (Å²) in [5.41, 5.74) is 0.378. The van der Waals surface area contributed by atoms with E-state index in [1.807, 2.05) is 0 Å². The van der Waals surface area contributed by atoms with E-state index in [1.54, 1.807) is 7.11 Å². The Morgan fingerprint density at radius 3 is 2.52 bits per heavy atom. The minimum atomic E-state index is 0.152. The maximum absolute atomic E-state index is 5.84. The summed E-state index contributed by atoms with van der Waals surface area (Å²) in [6.07, 6.45) is 2.41. The topological polar surface area (TPSA) is 33.7 Å². The van der Waals surface area contributed by atoms with E-state index in [0.717, 1.165) is 39.5 Å². The second kappa shape index (κ2) is 8.47. The number of nitrogens with one attached hydrogen (secondary N) is 1. The molecule has 0 spiro atoms. The summed E-state index contributed by atoms with van der Waals surface area (Å²) >= 11 is 0. The fourth-order valence-electron chi connectivity index (χ4n) is 2.84. The van der Waals surface area contributed by atoms with Crippen LogP contribution in [-0.4, -0.2) is 63.0 Å². The van der Waals surface area contributed by atoms with E-state index in [2.05, 4.69) is 44.8 Å². The van der Waals surface area contributed by atoms with Gasteiger partial charge in [-0.1, -0.05) is 0 Å². The summed E-state index contributed by atoms with van der Waals surface area (Å²) in [5, 5.41) is 3.69. The molecule has 21 heavy (non-hydrogen) atoms. The predicted molar refractivity (Wildman–Crippen MR) is 88.8 cm³/mol. The Kier molecular flexibility index (Phi) is 7.62. The minimum absolute atomic E-state index is 0.152. The van der Waals surface area contributed by atoms with Crippen molar-refractivity contribution in [2.75, 3.05) is 46.6 Å². The van der Waals surface area contributed by atoms with Gasteiger partial charge in [0.1, 0.15) is 0 Å². The first-order chi connectivity index (χ1) is 9.78. The van der Waals surface area contributed by atoms with Crippen LogP contribution in [0.4, 0.5) is 0 Å². The molecular formula is C17H36N2O2. The van der Waals surface area contributed by atoms with Crippen LogP contribution in [0.2, 0.25) is 0 Å². The Balaban J connectivity index is 2.70. The summed E-state index contributed by atoms with van der Waals surface area (Å²) in [4.78, 5) is 2.53. The van der Waals surface area contributed by atoms with Gasteiger partial charge < -0.3 is 14.8 Å². The molecule has 0 saturated carbocycles. The molecule has 0 aromatic rings. The quantitative estimate of drug-likeness (QED) is 0.747. The van der Waals surface area contributed by atoms with Crippen LogP contribution < -0.4 is 5.32 Å². The van der Waals surface area contributed by atoms with Crippen LogP contribution in [0.1, 0.15) is 47.5 Å². The lowest BCUT2D eigenvalue weighted by molar-refractivity contribution is -0.0363. The number of methoxy groups -OCH3 is 1. The molecule has 0 aromatic carbocycles. The average molecular weight is 300 g/mol. The molecule has 0 amide bonds. The summed E-state index contributed by atoms with van der Waals surface area (Å²) < 4.78 is 11.1. The van der Waals surface area contributed by atoms with Gasteiger partial charge in [-0.05, 0) is 47.5 Å². The number of hydrogen-bond donors (Lipinski definition) is 1. The molecule has 1 fully saturated rings. The van der Waals surface area contributed by atoms with Crippen molar-refractivity contribution >= 4 is 0 Å². The fourth-order valence-corrected chi connectivity index (χ4v) is 2.84. The van der Waals surface area contributed by atoms with Crippen molar-refractivity contribution in [3.63, 3.8) is 0 Å². The zero-order valence-corrected chi connectivity index (χ0v) is 15.0. The highest BCUT2D eigenvalue weighted by molar-refractivity contribution is 4.90. The van der Waals surface area contributed by atoms with Crippen molar-refractivity contribution in [1.29, 1.82) is 0 Å². The predicted octanol–water partition coefficient (Wildman–Crippen LogP) is 2.53. The molecule has 0 bridgehead atoms. The van der Waals surface area contributed by atoms with Crippen molar-refractivity contribution in [3.05, 3.63) is 0 Å². The Morgan fingerprint density at radius 2 is 2.05 bits per heavy atom. The van der Waals surface area contributed by atoms with Crippen LogP contribution in [-0.2, 0) is 9.47 Å². The van der Waals surface area contributed by atoms with Crippen LogP contribution in [0, 0.1) is 5.41 Å². The molecular weight excluding hydrogens is 264 g/mol. The van der Waals surface area contributed by atoms with Gasteiger partial charge in [-0.15, -0.1) is 0 Å². The molecule has 4 heteroatoms. The molecule has 1 aliphatic heterocycles. The monoisotopic (exact) mass is 300 g/mol. The normalized spacial score (nSPS) is 24.0. The van der Waals surface area contributed by atoms with Gasteiger partial charge >= 0.3 is 0 Å².